The van der Waals surface area contributed by atoms with E-state index < -0.39 is 0 Å². The number of amides is 1. The fourth-order valence-electron chi connectivity index (χ4n) is 3.86. The number of hydrogen-bond donors (Lipinski definition) is 3. The molecule has 26 heavy (non-hydrogen) atoms. The van der Waals surface area contributed by atoms with E-state index in [-0.39, 0.29) is 11.9 Å². The minimum Gasteiger partial charge on any atom is -0.462 e. The Morgan fingerprint density at radius 2 is 2.00 bits per heavy atom. The number of carbonyl (C=O) groups is 2. The first-order valence-corrected chi connectivity index (χ1v) is 10.6. The number of hydrogen-bond acceptors (Lipinski definition) is 4. The minimum absolute atomic E-state index is 0.00301. The second-order valence-electron chi connectivity index (χ2n) is 7.71. The Kier molecular flexibility index (Phi) is 6.32. The van der Waals surface area contributed by atoms with E-state index in [0.29, 0.717) is 29.6 Å². The van der Waals surface area contributed by atoms with Gasteiger partial charge in [-0.05, 0) is 37.7 Å². The number of nitrogens with one attached hydrogen (secondary N) is 3. The summed E-state index contributed by atoms with van der Waals surface area (Å²) in [5.41, 5.74) is 1.70. The van der Waals surface area contributed by atoms with Crippen molar-refractivity contribution in [3.8, 4) is 0 Å². The smallest absolute Gasteiger partial charge is 0.341 e. The van der Waals surface area contributed by atoms with Crippen LogP contribution in [0.2, 0.25) is 0 Å². The van der Waals surface area contributed by atoms with Gasteiger partial charge in [-0.1, -0.05) is 6.92 Å². The van der Waals surface area contributed by atoms with Crippen LogP contribution in [0.3, 0.4) is 0 Å². The maximum atomic E-state index is 12.6. The van der Waals surface area contributed by atoms with Crippen LogP contribution in [0, 0.1) is 5.92 Å². The summed E-state index contributed by atoms with van der Waals surface area (Å²) < 4.78 is 5.27. The molecular weight excluding hydrogens is 350 g/mol. The molecule has 1 fully saturated rings. The van der Waals surface area contributed by atoms with Crippen molar-refractivity contribution in [3.05, 3.63) is 16.0 Å². The Hall–Kier alpha value is -1.44. The molecule has 6 nitrogen and oxygen atoms in total. The summed E-state index contributed by atoms with van der Waals surface area (Å²) in [4.78, 5) is 29.2. The molecule has 2 heterocycles. The van der Waals surface area contributed by atoms with Crippen molar-refractivity contribution < 1.29 is 24.1 Å². The van der Waals surface area contributed by atoms with E-state index in [4.69, 9.17) is 4.74 Å². The summed E-state index contributed by atoms with van der Waals surface area (Å²) in [7, 11) is 2.19. The first kappa shape index (κ1) is 19.3. The fraction of sp³-hybridized carbons (Fsp3) is 0.684. The number of quaternary nitrogens is 2. The fourth-order valence-corrected chi connectivity index (χ4v) is 5.28. The van der Waals surface area contributed by atoms with Gasteiger partial charge in [-0.25, -0.2) is 4.79 Å². The van der Waals surface area contributed by atoms with Gasteiger partial charge in [0.25, 0.3) is 5.91 Å². The summed E-state index contributed by atoms with van der Waals surface area (Å²) in [6.45, 7) is 9.10. The molecule has 0 aromatic carbocycles. The van der Waals surface area contributed by atoms with Crippen molar-refractivity contribution in [1.82, 2.24) is 0 Å². The van der Waals surface area contributed by atoms with E-state index in [1.807, 2.05) is 6.92 Å². The average molecular weight is 382 g/mol. The maximum absolute atomic E-state index is 12.6. The molecule has 0 radical (unpaired) electrons. The van der Waals surface area contributed by atoms with Crippen LogP contribution in [0.15, 0.2) is 0 Å². The minimum atomic E-state index is -0.301. The van der Waals surface area contributed by atoms with Crippen molar-refractivity contribution in [3.63, 3.8) is 0 Å². The molecule has 1 aromatic heterocycles. The lowest BCUT2D eigenvalue weighted by atomic mass is 9.88. The summed E-state index contributed by atoms with van der Waals surface area (Å²) in [5, 5.41) is 3.72. The maximum Gasteiger partial charge on any atom is 0.341 e. The lowest BCUT2D eigenvalue weighted by Gasteiger charge is -2.26. The van der Waals surface area contributed by atoms with Crippen molar-refractivity contribution in [1.29, 1.82) is 0 Å². The van der Waals surface area contributed by atoms with E-state index in [2.05, 4.69) is 19.3 Å². The van der Waals surface area contributed by atoms with E-state index in [1.165, 1.54) is 14.7 Å². The highest BCUT2D eigenvalue weighted by atomic mass is 32.1. The molecular formula is C19H31N3O3S+2. The van der Waals surface area contributed by atoms with Gasteiger partial charge in [0.2, 0.25) is 0 Å². The van der Waals surface area contributed by atoms with E-state index in [0.717, 1.165) is 51.0 Å². The van der Waals surface area contributed by atoms with Crippen LogP contribution in [0.5, 0.6) is 0 Å². The Morgan fingerprint density at radius 1 is 1.27 bits per heavy atom. The lowest BCUT2D eigenvalue weighted by molar-refractivity contribution is -0.999. The normalized spacial score (nSPS) is 25.4. The highest BCUT2D eigenvalue weighted by molar-refractivity contribution is 7.17. The van der Waals surface area contributed by atoms with Gasteiger partial charge in [-0.3, -0.25) is 4.79 Å². The van der Waals surface area contributed by atoms with E-state index >= 15 is 0 Å². The summed E-state index contributed by atoms with van der Waals surface area (Å²) in [6, 6.07) is 0. The van der Waals surface area contributed by atoms with Crippen LogP contribution in [0.1, 0.15) is 41.1 Å². The number of anilines is 1. The Bertz CT molecular complexity index is 665. The van der Waals surface area contributed by atoms with Crippen molar-refractivity contribution in [2.45, 2.75) is 33.1 Å². The quantitative estimate of drug-likeness (QED) is 0.597. The van der Waals surface area contributed by atoms with Crippen LogP contribution in [0.25, 0.3) is 0 Å². The number of fused-ring (bicyclic) bond motifs is 1. The SMILES string of the molecule is CCOC(=O)c1c(NC(=O)C[NH+]2CC[NH+](C)CC2)sc2c1CCC(C)C2. The van der Waals surface area contributed by atoms with Gasteiger partial charge in [-0.2, -0.15) is 0 Å². The summed E-state index contributed by atoms with van der Waals surface area (Å²) >= 11 is 1.56. The predicted molar refractivity (Wildman–Crippen MR) is 102 cm³/mol. The highest BCUT2D eigenvalue weighted by Crippen LogP contribution is 2.40. The number of esters is 1. The van der Waals surface area contributed by atoms with Gasteiger partial charge < -0.3 is 19.9 Å². The Balaban J connectivity index is 1.73. The number of piperazine rings is 1. The summed E-state index contributed by atoms with van der Waals surface area (Å²) in [5.74, 6) is 0.319. The number of carbonyl (C=O) groups excluding carboxylic acids is 2. The molecule has 0 bridgehead atoms. The molecule has 7 heteroatoms. The first-order chi connectivity index (χ1) is 12.5. The van der Waals surface area contributed by atoms with Crippen molar-refractivity contribution in [2.75, 3.05) is 51.7 Å². The number of likely N-dealkylation sites (N-methyl/N-ethyl adjacent to an activating group) is 1. The van der Waals surface area contributed by atoms with Gasteiger partial charge in [0.15, 0.2) is 6.54 Å². The molecule has 1 atom stereocenters. The third-order valence-corrected chi connectivity index (χ3v) is 6.64. The van der Waals surface area contributed by atoms with Gasteiger partial charge in [0.1, 0.15) is 31.2 Å². The Morgan fingerprint density at radius 3 is 2.69 bits per heavy atom. The molecule has 2 aliphatic rings. The molecule has 1 aliphatic carbocycles. The van der Waals surface area contributed by atoms with E-state index in [1.54, 1.807) is 11.3 Å². The molecule has 3 rings (SSSR count). The zero-order valence-electron chi connectivity index (χ0n) is 16.1. The highest BCUT2D eigenvalue weighted by Gasteiger charge is 2.30. The molecule has 144 valence electrons. The Labute approximate surface area is 159 Å². The second-order valence-corrected chi connectivity index (χ2v) is 8.81. The molecule has 0 saturated carbocycles. The standard InChI is InChI=1S/C19H29N3O3S/c1-4-25-19(24)17-14-6-5-13(2)11-15(14)26-18(17)20-16(23)12-22-9-7-21(3)8-10-22/h13H,4-12H2,1-3H3,(H,20,23)/p+2. The zero-order chi connectivity index (χ0) is 18.7. The average Bonchev–Trinajstić information content (AvgIpc) is 2.93. The number of thiophene rings is 1. The molecule has 3 N–H and O–H groups in total. The molecule has 0 spiro atoms. The summed E-state index contributed by atoms with van der Waals surface area (Å²) in [6.07, 6.45) is 2.95. The monoisotopic (exact) mass is 381 g/mol. The van der Waals surface area contributed by atoms with E-state index in [9.17, 15) is 9.59 Å². The predicted octanol–water partition coefficient (Wildman–Crippen LogP) is -0.599. The largest absolute Gasteiger partial charge is 0.462 e. The van der Waals surface area contributed by atoms with Crippen LogP contribution in [0.4, 0.5) is 5.00 Å². The molecule has 1 amide bonds. The molecule has 1 unspecified atom stereocenters. The van der Waals surface area contributed by atoms with Gasteiger partial charge in [0, 0.05) is 4.88 Å². The van der Waals surface area contributed by atoms with Crippen molar-refractivity contribution >= 4 is 28.2 Å². The lowest BCUT2D eigenvalue weighted by Crippen LogP contribution is -3.27. The zero-order valence-corrected chi connectivity index (χ0v) is 16.9. The van der Waals surface area contributed by atoms with Gasteiger partial charge in [0.05, 0.1) is 19.2 Å². The molecule has 1 saturated heterocycles. The van der Waals surface area contributed by atoms with Crippen LogP contribution in [-0.2, 0) is 22.4 Å². The van der Waals surface area contributed by atoms with Crippen molar-refractivity contribution in [2.24, 2.45) is 5.92 Å². The van der Waals surface area contributed by atoms with Crippen LogP contribution >= 0.6 is 11.3 Å². The number of ether oxygens (including phenoxy) is 1. The van der Waals surface area contributed by atoms with Crippen LogP contribution in [-0.4, -0.2) is 58.3 Å². The third kappa shape index (κ3) is 4.45. The van der Waals surface area contributed by atoms with Gasteiger partial charge >= 0.3 is 5.97 Å². The molecule has 1 aromatic rings. The first-order valence-electron chi connectivity index (χ1n) is 9.74. The third-order valence-electron chi connectivity index (χ3n) is 5.47. The topological polar surface area (TPSA) is 64.3 Å². The van der Waals surface area contributed by atoms with Gasteiger partial charge in [-0.15, -0.1) is 11.3 Å². The second kappa shape index (κ2) is 8.50. The van der Waals surface area contributed by atoms with Crippen LogP contribution < -0.4 is 15.1 Å². The number of rotatable bonds is 5. The molecule has 1 aliphatic heterocycles.